The molecule has 0 aromatic heterocycles. The minimum atomic E-state index is 0.281. The third-order valence-corrected chi connectivity index (χ3v) is 2.57. The van der Waals surface area contributed by atoms with E-state index >= 15 is 0 Å². The molecule has 17 heavy (non-hydrogen) atoms. The van der Waals surface area contributed by atoms with Gasteiger partial charge in [0.15, 0.2) is 0 Å². The second-order valence-electron chi connectivity index (χ2n) is 3.94. The smallest absolute Gasteiger partial charge is 0.0661 e. The molecule has 1 atom stereocenters. The molecule has 0 aliphatic rings. The number of benzene rings is 1. The van der Waals surface area contributed by atoms with E-state index in [1.54, 1.807) is 7.11 Å². The van der Waals surface area contributed by atoms with E-state index in [4.69, 9.17) is 9.47 Å². The molecule has 0 saturated heterocycles. The number of methoxy groups -OCH3 is 1. The highest BCUT2D eigenvalue weighted by atomic mass is 16.5. The highest BCUT2D eigenvalue weighted by Crippen LogP contribution is 2.12. The Kier molecular flexibility index (Phi) is 7.63. The summed E-state index contributed by atoms with van der Waals surface area (Å²) >= 11 is 0. The molecule has 0 amide bonds. The molecule has 1 aromatic rings. The Hall–Kier alpha value is -0.900. The van der Waals surface area contributed by atoms with Crippen LogP contribution in [0.3, 0.4) is 0 Å². The van der Waals surface area contributed by atoms with Crippen molar-refractivity contribution in [3.8, 4) is 0 Å². The zero-order valence-electron chi connectivity index (χ0n) is 10.8. The molecule has 3 nitrogen and oxygen atoms in total. The quantitative estimate of drug-likeness (QED) is 0.669. The van der Waals surface area contributed by atoms with Crippen LogP contribution in [0.15, 0.2) is 30.3 Å². The van der Waals surface area contributed by atoms with Gasteiger partial charge in [0.1, 0.15) is 0 Å². The number of hydrogen-bond acceptors (Lipinski definition) is 3. The molecule has 0 saturated carbocycles. The van der Waals surface area contributed by atoms with Crippen molar-refractivity contribution in [3.63, 3.8) is 0 Å². The van der Waals surface area contributed by atoms with Gasteiger partial charge < -0.3 is 14.8 Å². The van der Waals surface area contributed by atoms with Crippen LogP contribution in [0.2, 0.25) is 0 Å². The van der Waals surface area contributed by atoms with Gasteiger partial charge in [-0.2, -0.15) is 0 Å². The summed E-state index contributed by atoms with van der Waals surface area (Å²) in [4.78, 5) is 0. The maximum Gasteiger partial charge on any atom is 0.0661 e. The lowest BCUT2D eigenvalue weighted by Gasteiger charge is -2.18. The maximum atomic E-state index is 5.66. The van der Waals surface area contributed by atoms with E-state index in [2.05, 4.69) is 36.5 Å². The van der Waals surface area contributed by atoms with Crippen molar-refractivity contribution in [1.82, 2.24) is 5.32 Å². The number of ether oxygens (including phenoxy) is 2. The molecular formula is C14H23NO2. The van der Waals surface area contributed by atoms with Crippen molar-refractivity contribution in [3.05, 3.63) is 35.9 Å². The fourth-order valence-corrected chi connectivity index (χ4v) is 1.71. The van der Waals surface area contributed by atoms with Gasteiger partial charge in [0, 0.05) is 20.3 Å². The number of nitrogens with one attached hydrogen (secondary N) is 1. The van der Waals surface area contributed by atoms with Gasteiger partial charge in [0.2, 0.25) is 0 Å². The van der Waals surface area contributed by atoms with Crippen LogP contribution in [-0.2, 0) is 9.47 Å². The summed E-state index contributed by atoms with van der Waals surface area (Å²) in [5, 5.41) is 3.43. The summed E-state index contributed by atoms with van der Waals surface area (Å²) < 4.78 is 10.6. The first-order chi connectivity index (χ1) is 8.38. The van der Waals surface area contributed by atoms with Crippen molar-refractivity contribution in [1.29, 1.82) is 0 Å². The van der Waals surface area contributed by atoms with Crippen molar-refractivity contribution in [2.24, 2.45) is 0 Å². The van der Waals surface area contributed by atoms with E-state index in [0.29, 0.717) is 6.61 Å². The average molecular weight is 237 g/mol. The highest BCUT2D eigenvalue weighted by Gasteiger charge is 2.09. The minimum Gasteiger partial charge on any atom is -0.385 e. The van der Waals surface area contributed by atoms with Crippen molar-refractivity contribution in [2.75, 3.05) is 33.5 Å². The monoisotopic (exact) mass is 237 g/mol. The summed E-state index contributed by atoms with van der Waals surface area (Å²) in [7, 11) is 1.71. The molecule has 0 heterocycles. The molecule has 1 aromatic carbocycles. The Morgan fingerprint density at radius 2 is 1.94 bits per heavy atom. The molecule has 96 valence electrons. The van der Waals surface area contributed by atoms with Crippen molar-refractivity contribution < 1.29 is 9.47 Å². The van der Waals surface area contributed by atoms with Gasteiger partial charge >= 0.3 is 0 Å². The first kappa shape index (κ1) is 14.2. The standard InChI is InChI=1S/C14H23NO2/c1-3-15-14(12-17-11-7-10-16-2)13-8-5-4-6-9-13/h4-6,8-9,14-15H,3,7,10-12H2,1-2H3. The molecule has 0 aliphatic heterocycles. The van der Waals surface area contributed by atoms with Gasteiger partial charge in [-0.05, 0) is 18.5 Å². The maximum absolute atomic E-state index is 5.66. The molecule has 1 unspecified atom stereocenters. The van der Waals surface area contributed by atoms with Crippen LogP contribution < -0.4 is 5.32 Å². The van der Waals surface area contributed by atoms with Gasteiger partial charge in [-0.3, -0.25) is 0 Å². The first-order valence-corrected chi connectivity index (χ1v) is 6.23. The first-order valence-electron chi connectivity index (χ1n) is 6.23. The SMILES string of the molecule is CCNC(COCCCOC)c1ccccc1. The van der Waals surface area contributed by atoms with Gasteiger partial charge in [-0.1, -0.05) is 37.3 Å². The summed E-state index contributed by atoms with van der Waals surface area (Å²) in [6.07, 6.45) is 0.949. The van der Waals surface area contributed by atoms with Crippen molar-refractivity contribution >= 4 is 0 Å². The van der Waals surface area contributed by atoms with Crippen LogP contribution in [-0.4, -0.2) is 33.5 Å². The molecule has 0 fully saturated rings. The number of rotatable bonds is 9. The molecular weight excluding hydrogens is 214 g/mol. The topological polar surface area (TPSA) is 30.5 Å². The lowest BCUT2D eigenvalue weighted by atomic mass is 10.1. The van der Waals surface area contributed by atoms with E-state index in [9.17, 15) is 0 Å². The Morgan fingerprint density at radius 3 is 2.59 bits per heavy atom. The number of hydrogen-bond donors (Lipinski definition) is 1. The fourth-order valence-electron chi connectivity index (χ4n) is 1.71. The van der Waals surface area contributed by atoms with Crippen LogP contribution in [0.5, 0.6) is 0 Å². The predicted molar refractivity (Wildman–Crippen MR) is 70.2 cm³/mol. The molecule has 1 N–H and O–H groups in total. The molecule has 0 aliphatic carbocycles. The Labute approximate surface area is 104 Å². The fraction of sp³-hybridized carbons (Fsp3) is 0.571. The number of likely N-dealkylation sites (N-methyl/N-ethyl adjacent to an activating group) is 1. The van der Waals surface area contributed by atoms with Gasteiger partial charge in [0.05, 0.1) is 12.6 Å². The predicted octanol–water partition coefficient (Wildman–Crippen LogP) is 2.39. The van der Waals surface area contributed by atoms with Crippen LogP contribution in [0, 0.1) is 0 Å². The highest BCUT2D eigenvalue weighted by molar-refractivity contribution is 5.18. The van der Waals surface area contributed by atoms with E-state index < -0.39 is 0 Å². The van der Waals surface area contributed by atoms with E-state index in [-0.39, 0.29) is 6.04 Å². The third kappa shape index (κ3) is 5.82. The minimum absolute atomic E-state index is 0.281. The van der Waals surface area contributed by atoms with Crippen LogP contribution >= 0.6 is 0 Å². The lowest BCUT2D eigenvalue weighted by molar-refractivity contribution is 0.0878. The van der Waals surface area contributed by atoms with E-state index in [0.717, 1.165) is 26.2 Å². The molecule has 0 bridgehead atoms. The normalized spacial score (nSPS) is 12.6. The Morgan fingerprint density at radius 1 is 1.18 bits per heavy atom. The summed E-state index contributed by atoms with van der Waals surface area (Å²) in [6, 6.07) is 10.7. The third-order valence-electron chi connectivity index (χ3n) is 2.57. The zero-order chi connectivity index (χ0) is 12.3. The lowest BCUT2D eigenvalue weighted by Crippen LogP contribution is -2.25. The van der Waals surface area contributed by atoms with Crippen LogP contribution in [0.1, 0.15) is 24.9 Å². The molecule has 3 heteroatoms. The molecule has 0 spiro atoms. The van der Waals surface area contributed by atoms with E-state index in [1.165, 1.54) is 5.56 Å². The second kappa shape index (κ2) is 9.16. The van der Waals surface area contributed by atoms with Gasteiger partial charge in [-0.15, -0.1) is 0 Å². The summed E-state index contributed by atoms with van der Waals surface area (Å²) in [6.45, 7) is 5.28. The summed E-state index contributed by atoms with van der Waals surface area (Å²) in [5.41, 5.74) is 1.28. The van der Waals surface area contributed by atoms with Gasteiger partial charge in [0.25, 0.3) is 0 Å². The summed E-state index contributed by atoms with van der Waals surface area (Å²) in [5.74, 6) is 0. The molecule has 1 rings (SSSR count). The van der Waals surface area contributed by atoms with E-state index in [1.807, 2.05) is 6.07 Å². The molecule has 0 radical (unpaired) electrons. The van der Waals surface area contributed by atoms with Crippen LogP contribution in [0.4, 0.5) is 0 Å². The largest absolute Gasteiger partial charge is 0.385 e. The van der Waals surface area contributed by atoms with Gasteiger partial charge in [-0.25, -0.2) is 0 Å². The van der Waals surface area contributed by atoms with Crippen molar-refractivity contribution in [2.45, 2.75) is 19.4 Å². The second-order valence-corrected chi connectivity index (χ2v) is 3.94. The van der Waals surface area contributed by atoms with Crippen LogP contribution in [0.25, 0.3) is 0 Å². The average Bonchev–Trinajstić information content (AvgIpc) is 2.38. The Balaban J connectivity index is 2.33. The Bertz CT molecular complexity index is 277. The zero-order valence-corrected chi connectivity index (χ0v) is 10.8.